The molecule has 2 aliphatic carbocycles. The molecule has 10 aromatic rings. The minimum atomic E-state index is -0.341. The van der Waals surface area contributed by atoms with Crippen LogP contribution in [0.3, 0.4) is 0 Å². The molecular formula is C55H38N2. The summed E-state index contributed by atoms with van der Waals surface area (Å²) in [6.45, 7) is 0. The van der Waals surface area contributed by atoms with Crippen molar-refractivity contribution in [1.29, 1.82) is 0 Å². The Morgan fingerprint density at radius 2 is 0.912 bits per heavy atom. The lowest BCUT2D eigenvalue weighted by Gasteiger charge is -2.37. The lowest BCUT2D eigenvalue weighted by molar-refractivity contribution is 0.691. The maximum absolute atomic E-state index is 2.53. The van der Waals surface area contributed by atoms with E-state index in [4.69, 9.17) is 0 Å². The van der Waals surface area contributed by atoms with Crippen LogP contribution in [-0.4, -0.2) is 9.13 Å². The molecule has 0 aliphatic heterocycles. The number of aromatic nitrogens is 2. The third-order valence-corrected chi connectivity index (χ3v) is 12.7. The third-order valence-electron chi connectivity index (χ3n) is 12.7. The molecule has 12 rings (SSSR count). The van der Waals surface area contributed by atoms with Gasteiger partial charge in [-0.1, -0.05) is 163 Å². The Labute approximate surface area is 331 Å². The van der Waals surface area contributed by atoms with Gasteiger partial charge < -0.3 is 9.13 Å². The minimum absolute atomic E-state index is 0.341. The standard InChI is InChI=1S/C55H38N2/c1-3-15-39(16-4-1)55(49-23-11-7-19-43(49)44-20-8-12-24-50(44)55)40-29-31-42(32-30-40)57-51-25-13-9-21-45(51)47-33-27-38(36-54(47)57)37-28-34-53-48(35-37)46-22-10-14-26-52(46)56(53)41-17-5-2-6-18-41/h1-29,31,33-36H,30,32H2. The van der Waals surface area contributed by atoms with Crippen LogP contribution < -0.4 is 0 Å². The van der Waals surface area contributed by atoms with E-state index in [0.717, 1.165) is 12.8 Å². The summed E-state index contributed by atoms with van der Waals surface area (Å²) >= 11 is 0. The lowest BCUT2D eigenvalue weighted by atomic mass is 9.65. The van der Waals surface area contributed by atoms with E-state index >= 15 is 0 Å². The van der Waals surface area contributed by atoms with Gasteiger partial charge in [0.1, 0.15) is 0 Å². The van der Waals surface area contributed by atoms with Gasteiger partial charge in [0.2, 0.25) is 0 Å². The maximum atomic E-state index is 2.53. The minimum Gasteiger partial charge on any atom is -0.313 e. The molecule has 0 unspecified atom stereocenters. The zero-order valence-corrected chi connectivity index (χ0v) is 31.4. The van der Waals surface area contributed by atoms with Gasteiger partial charge in [0, 0.05) is 32.9 Å². The van der Waals surface area contributed by atoms with Gasteiger partial charge in [-0.2, -0.15) is 0 Å². The molecular weight excluding hydrogens is 689 g/mol. The van der Waals surface area contributed by atoms with Gasteiger partial charge in [0.05, 0.1) is 27.5 Å². The topological polar surface area (TPSA) is 9.86 Å². The van der Waals surface area contributed by atoms with Gasteiger partial charge >= 0.3 is 0 Å². The van der Waals surface area contributed by atoms with Crippen molar-refractivity contribution in [3.05, 3.63) is 229 Å². The van der Waals surface area contributed by atoms with E-state index in [1.165, 1.54) is 99.5 Å². The van der Waals surface area contributed by atoms with Crippen LogP contribution in [0.2, 0.25) is 0 Å². The Morgan fingerprint density at radius 1 is 0.368 bits per heavy atom. The van der Waals surface area contributed by atoms with Crippen LogP contribution in [0.5, 0.6) is 0 Å². The van der Waals surface area contributed by atoms with E-state index in [1.807, 2.05) is 0 Å². The summed E-state index contributed by atoms with van der Waals surface area (Å²) in [6.07, 6.45) is 6.76. The molecule has 2 heteroatoms. The van der Waals surface area contributed by atoms with E-state index in [9.17, 15) is 0 Å². The highest BCUT2D eigenvalue weighted by atomic mass is 15.0. The van der Waals surface area contributed by atoms with Gasteiger partial charge in [0.15, 0.2) is 0 Å². The molecule has 2 heterocycles. The lowest BCUT2D eigenvalue weighted by Crippen LogP contribution is -2.30. The van der Waals surface area contributed by atoms with E-state index in [0.29, 0.717) is 0 Å². The van der Waals surface area contributed by atoms with Gasteiger partial charge in [-0.15, -0.1) is 0 Å². The molecule has 2 aromatic heterocycles. The van der Waals surface area contributed by atoms with E-state index in [2.05, 4.69) is 215 Å². The largest absolute Gasteiger partial charge is 0.313 e. The van der Waals surface area contributed by atoms with Gasteiger partial charge in [-0.3, -0.25) is 0 Å². The molecule has 0 spiro atoms. The molecule has 2 aliphatic rings. The first-order chi connectivity index (χ1) is 28.3. The van der Waals surface area contributed by atoms with Crippen molar-refractivity contribution in [3.63, 3.8) is 0 Å². The predicted octanol–water partition coefficient (Wildman–Crippen LogP) is 14.1. The van der Waals surface area contributed by atoms with Crippen molar-refractivity contribution in [2.75, 3.05) is 0 Å². The number of hydrogen-bond donors (Lipinski definition) is 0. The summed E-state index contributed by atoms with van der Waals surface area (Å²) in [7, 11) is 0. The zero-order valence-electron chi connectivity index (χ0n) is 31.4. The zero-order chi connectivity index (χ0) is 37.5. The number of nitrogens with zero attached hydrogens (tertiary/aromatic N) is 2. The molecule has 8 aromatic carbocycles. The molecule has 0 atom stereocenters. The van der Waals surface area contributed by atoms with Crippen LogP contribution in [0.4, 0.5) is 0 Å². The molecule has 0 saturated carbocycles. The Hall–Kier alpha value is -7.16. The highest BCUT2D eigenvalue weighted by Gasteiger charge is 2.47. The average molecular weight is 727 g/mol. The number of para-hydroxylation sites is 3. The summed E-state index contributed by atoms with van der Waals surface area (Å²) in [5.41, 5.74) is 17.8. The summed E-state index contributed by atoms with van der Waals surface area (Å²) < 4.78 is 4.92. The van der Waals surface area contributed by atoms with Crippen molar-refractivity contribution in [1.82, 2.24) is 9.13 Å². The van der Waals surface area contributed by atoms with Crippen molar-refractivity contribution in [3.8, 4) is 27.9 Å². The Morgan fingerprint density at radius 3 is 1.61 bits per heavy atom. The molecule has 0 radical (unpaired) electrons. The molecule has 268 valence electrons. The van der Waals surface area contributed by atoms with Crippen LogP contribution in [0.1, 0.15) is 29.5 Å². The first kappa shape index (κ1) is 32.1. The Bertz CT molecular complexity index is 3240. The molecule has 0 fully saturated rings. The van der Waals surface area contributed by atoms with Gasteiger partial charge in [0.25, 0.3) is 0 Å². The van der Waals surface area contributed by atoms with Crippen molar-refractivity contribution in [2.24, 2.45) is 0 Å². The Kier molecular flexibility index (Phi) is 7.00. The first-order valence-electron chi connectivity index (χ1n) is 20.1. The predicted molar refractivity (Wildman–Crippen MR) is 239 cm³/mol. The summed E-state index contributed by atoms with van der Waals surface area (Å²) in [5, 5.41) is 5.11. The molecule has 0 saturated heterocycles. The molecule has 57 heavy (non-hydrogen) atoms. The molecule has 0 amide bonds. The number of allylic oxidation sites excluding steroid dienone is 4. The molecule has 2 nitrogen and oxygen atoms in total. The van der Waals surface area contributed by atoms with Crippen molar-refractivity contribution >= 4 is 49.3 Å². The van der Waals surface area contributed by atoms with Crippen LogP contribution >= 0.6 is 0 Å². The van der Waals surface area contributed by atoms with Crippen LogP contribution in [-0.2, 0) is 5.41 Å². The fraction of sp³-hybridized carbons (Fsp3) is 0.0545. The van der Waals surface area contributed by atoms with Gasteiger partial charge in [-0.05, 0) is 100 Å². The SMILES string of the molecule is C1=C(n2c3ccccc3c3ccc(-c4ccc5c(c4)c4ccccc4n5-c4ccccc4)cc32)CCC(C2(c3ccccc3)c3ccccc3-c3ccccc32)=C1. The summed E-state index contributed by atoms with van der Waals surface area (Å²) in [6, 6.07) is 71.7. The second kappa shape index (κ2) is 12.4. The van der Waals surface area contributed by atoms with E-state index in [-0.39, 0.29) is 5.41 Å². The normalized spacial score (nSPS) is 14.5. The smallest absolute Gasteiger partial charge is 0.0676 e. The number of fused-ring (bicyclic) bond motifs is 9. The van der Waals surface area contributed by atoms with E-state index < -0.39 is 0 Å². The third kappa shape index (κ3) is 4.59. The van der Waals surface area contributed by atoms with Crippen molar-refractivity contribution in [2.45, 2.75) is 18.3 Å². The quantitative estimate of drug-likeness (QED) is 0.167. The average Bonchev–Trinajstić information content (AvgIpc) is 3.91. The highest BCUT2D eigenvalue weighted by molar-refractivity contribution is 6.13. The number of hydrogen-bond acceptors (Lipinski definition) is 0. The van der Waals surface area contributed by atoms with E-state index in [1.54, 1.807) is 0 Å². The summed E-state index contributed by atoms with van der Waals surface area (Å²) in [4.78, 5) is 0. The monoisotopic (exact) mass is 726 g/mol. The fourth-order valence-electron chi connectivity index (χ4n) is 10.4. The second-order valence-electron chi connectivity index (χ2n) is 15.6. The number of benzene rings is 8. The molecule has 0 bridgehead atoms. The molecule has 0 N–H and O–H groups in total. The first-order valence-corrected chi connectivity index (χ1v) is 20.1. The fourth-order valence-corrected chi connectivity index (χ4v) is 10.4. The van der Waals surface area contributed by atoms with Crippen LogP contribution in [0.15, 0.2) is 212 Å². The highest BCUT2D eigenvalue weighted by Crippen LogP contribution is 2.58. The second-order valence-corrected chi connectivity index (χ2v) is 15.6. The number of rotatable bonds is 5. The van der Waals surface area contributed by atoms with Gasteiger partial charge in [-0.25, -0.2) is 0 Å². The van der Waals surface area contributed by atoms with Crippen molar-refractivity contribution < 1.29 is 0 Å². The van der Waals surface area contributed by atoms with Crippen LogP contribution in [0.25, 0.3) is 77.2 Å². The maximum Gasteiger partial charge on any atom is 0.0676 e. The van der Waals surface area contributed by atoms with Crippen LogP contribution in [0, 0.1) is 0 Å². The summed E-state index contributed by atoms with van der Waals surface area (Å²) in [5.74, 6) is 0. The Balaban J connectivity index is 1.03.